The van der Waals surface area contributed by atoms with Gasteiger partial charge in [0.1, 0.15) is 0 Å². The zero-order valence-electron chi connectivity index (χ0n) is 17.4. The maximum Gasteiger partial charge on any atom is 0.258 e. The molecule has 6 heteroatoms. The fourth-order valence-corrected chi connectivity index (χ4v) is 4.63. The molecule has 2 aliphatic heterocycles. The number of nitrogens with zero attached hydrogens (tertiary/aromatic N) is 1. The summed E-state index contributed by atoms with van der Waals surface area (Å²) in [5.74, 6) is 0.256. The Morgan fingerprint density at radius 1 is 1.00 bits per heavy atom. The van der Waals surface area contributed by atoms with Gasteiger partial charge in [-0.05, 0) is 47.6 Å². The van der Waals surface area contributed by atoms with E-state index in [2.05, 4.69) is 35.4 Å². The molecule has 0 radical (unpaired) electrons. The van der Waals surface area contributed by atoms with Gasteiger partial charge in [-0.15, -0.1) is 0 Å². The van der Waals surface area contributed by atoms with E-state index in [0.29, 0.717) is 29.5 Å². The number of amides is 3. The summed E-state index contributed by atoms with van der Waals surface area (Å²) in [4.78, 5) is 38.7. The van der Waals surface area contributed by atoms with Crippen molar-refractivity contribution in [2.45, 2.75) is 33.4 Å². The van der Waals surface area contributed by atoms with Crippen molar-refractivity contribution >= 4 is 17.7 Å². The van der Waals surface area contributed by atoms with Crippen molar-refractivity contribution in [3.05, 3.63) is 70.3 Å². The highest BCUT2D eigenvalue weighted by Crippen LogP contribution is 2.23. The molecule has 3 amide bonds. The van der Waals surface area contributed by atoms with Crippen LogP contribution >= 0.6 is 0 Å². The Morgan fingerprint density at radius 3 is 2.40 bits per heavy atom. The standard InChI is InChI=1S/C24H27N3O3/c1-15-9-16(2)13-27(12-15)14-19-6-4-3-5-18(19)11-25-22(28)17-7-8-20-21(10-17)24(30)26-23(20)29/h3-8,10,15-16H,9,11-14H2,1-2H3,(H,25,28)(H,26,29,30). The van der Waals surface area contributed by atoms with Gasteiger partial charge < -0.3 is 5.32 Å². The van der Waals surface area contributed by atoms with Gasteiger partial charge in [0.05, 0.1) is 11.1 Å². The van der Waals surface area contributed by atoms with Crippen LogP contribution in [-0.4, -0.2) is 35.7 Å². The minimum Gasteiger partial charge on any atom is -0.348 e. The second-order valence-electron chi connectivity index (χ2n) is 8.64. The van der Waals surface area contributed by atoms with E-state index >= 15 is 0 Å². The first-order valence-electron chi connectivity index (χ1n) is 10.5. The van der Waals surface area contributed by atoms with E-state index in [1.54, 1.807) is 6.07 Å². The van der Waals surface area contributed by atoms with Crippen LogP contribution in [0.2, 0.25) is 0 Å². The van der Waals surface area contributed by atoms with Crippen LogP contribution in [0.25, 0.3) is 0 Å². The summed E-state index contributed by atoms with van der Waals surface area (Å²) in [6.45, 7) is 8.10. The lowest BCUT2D eigenvalue weighted by molar-refractivity contribution is 0.0878. The molecule has 4 rings (SSSR count). The number of nitrogens with one attached hydrogen (secondary N) is 2. The molecular formula is C24H27N3O3. The van der Waals surface area contributed by atoms with E-state index in [4.69, 9.17) is 0 Å². The predicted molar refractivity (Wildman–Crippen MR) is 114 cm³/mol. The molecule has 0 saturated carbocycles. The van der Waals surface area contributed by atoms with Gasteiger partial charge in [-0.1, -0.05) is 38.1 Å². The van der Waals surface area contributed by atoms with E-state index in [1.807, 2.05) is 18.2 Å². The molecule has 0 spiro atoms. The third kappa shape index (κ3) is 4.28. The SMILES string of the molecule is CC1CC(C)CN(Cc2ccccc2CNC(=O)c2ccc3c(c2)C(=O)NC3=O)C1. The summed E-state index contributed by atoms with van der Waals surface area (Å²) >= 11 is 0. The number of hydrogen-bond acceptors (Lipinski definition) is 4. The lowest BCUT2D eigenvalue weighted by Crippen LogP contribution is -2.38. The maximum atomic E-state index is 12.7. The Labute approximate surface area is 176 Å². The molecular weight excluding hydrogens is 378 g/mol. The molecule has 2 aromatic rings. The first-order chi connectivity index (χ1) is 14.4. The van der Waals surface area contributed by atoms with Crippen molar-refractivity contribution in [3.63, 3.8) is 0 Å². The second kappa shape index (κ2) is 8.40. The van der Waals surface area contributed by atoms with Crippen LogP contribution in [0.3, 0.4) is 0 Å². The van der Waals surface area contributed by atoms with Crippen molar-refractivity contribution in [2.75, 3.05) is 13.1 Å². The van der Waals surface area contributed by atoms with Crippen LogP contribution < -0.4 is 10.6 Å². The average Bonchev–Trinajstić information content (AvgIpc) is 2.99. The van der Waals surface area contributed by atoms with Crippen LogP contribution in [0.15, 0.2) is 42.5 Å². The van der Waals surface area contributed by atoms with Gasteiger partial charge >= 0.3 is 0 Å². The van der Waals surface area contributed by atoms with E-state index in [9.17, 15) is 14.4 Å². The molecule has 1 saturated heterocycles. The molecule has 2 aromatic carbocycles. The minimum absolute atomic E-state index is 0.251. The monoisotopic (exact) mass is 405 g/mol. The maximum absolute atomic E-state index is 12.7. The van der Waals surface area contributed by atoms with Crippen LogP contribution in [0.1, 0.15) is 62.5 Å². The molecule has 0 bridgehead atoms. The summed E-state index contributed by atoms with van der Waals surface area (Å²) < 4.78 is 0. The second-order valence-corrected chi connectivity index (χ2v) is 8.64. The van der Waals surface area contributed by atoms with Gasteiger partial charge in [0.2, 0.25) is 0 Å². The summed E-state index contributed by atoms with van der Waals surface area (Å²) in [6, 6.07) is 12.8. The Kier molecular flexibility index (Phi) is 5.68. The lowest BCUT2D eigenvalue weighted by Gasteiger charge is -2.35. The van der Waals surface area contributed by atoms with Crippen molar-refractivity contribution in [3.8, 4) is 0 Å². The molecule has 1 fully saturated rings. The van der Waals surface area contributed by atoms with E-state index in [1.165, 1.54) is 24.1 Å². The zero-order chi connectivity index (χ0) is 21.3. The number of imide groups is 1. The number of piperidine rings is 1. The van der Waals surface area contributed by atoms with Gasteiger partial charge in [-0.25, -0.2) is 0 Å². The van der Waals surface area contributed by atoms with Crippen LogP contribution in [0.4, 0.5) is 0 Å². The molecule has 2 unspecified atom stereocenters. The number of benzene rings is 2. The molecule has 6 nitrogen and oxygen atoms in total. The third-order valence-electron chi connectivity index (χ3n) is 5.89. The molecule has 0 aliphatic carbocycles. The highest BCUT2D eigenvalue weighted by atomic mass is 16.2. The molecule has 156 valence electrons. The Hall–Kier alpha value is -2.99. The molecule has 30 heavy (non-hydrogen) atoms. The highest BCUT2D eigenvalue weighted by Gasteiger charge is 2.27. The van der Waals surface area contributed by atoms with Crippen molar-refractivity contribution < 1.29 is 14.4 Å². The molecule has 2 aliphatic rings. The zero-order valence-corrected chi connectivity index (χ0v) is 17.4. The number of carbonyl (C=O) groups excluding carboxylic acids is 3. The number of likely N-dealkylation sites (tertiary alicyclic amines) is 1. The van der Waals surface area contributed by atoms with Crippen molar-refractivity contribution in [2.24, 2.45) is 11.8 Å². The van der Waals surface area contributed by atoms with Gasteiger partial charge in [0.15, 0.2) is 0 Å². The van der Waals surface area contributed by atoms with Gasteiger partial charge in [-0.2, -0.15) is 0 Å². The number of carbonyl (C=O) groups is 3. The summed E-state index contributed by atoms with van der Waals surface area (Å²) in [6.07, 6.45) is 1.28. The Balaban J connectivity index is 1.43. The number of hydrogen-bond donors (Lipinski definition) is 2. The number of rotatable bonds is 5. The Morgan fingerprint density at radius 2 is 1.67 bits per heavy atom. The molecule has 2 N–H and O–H groups in total. The van der Waals surface area contributed by atoms with Gasteiger partial charge in [0.25, 0.3) is 17.7 Å². The van der Waals surface area contributed by atoms with E-state index in [-0.39, 0.29) is 11.5 Å². The van der Waals surface area contributed by atoms with Crippen molar-refractivity contribution in [1.82, 2.24) is 15.5 Å². The van der Waals surface area contributed by atoms with Crippen LogP contribution in [0.5, 0.6) is 0 Å². The Bertz CT molecular complexity index is 991. The first kappa shape index (κ1) is 20.3. The normalized spacial score (nSPS) is 21.3. The largest absolute Gasteiger partial charge is 0.348 e. The summed E-state index contributed by atoms with van der Waals surface area (Å²) in [7, 11) is 0. The number of fused-ring (bicyclic) bond motifs is 1. The molecule has 2 heterocycles. The molecule has 2 atom stereocenters. The topological polar surface area (TPSA) is 78.5 Å². The van der Waals surface area contributed by atoms with Crippen LogP contribution in [0, 0.1) is 11.8 Å². The smallest absolute Gasteiger partial charge is 0.258 e. The van der Waals surface area contributed by atoms with Gasteiger partial charge in [-0.3, -0.25) is 24.6 Å². The quantitative estimate of drug-likeness (QED) is 0.750. The van der Waals surface area contributed by atoms with Gasteiger partial charge in [0, 0.05) is 31.7 Å². The molecule has 0 aromatic heterocycles. The average molecular weight is 405 g/mol. The summed E-state index contributed by atoms with van der Waals surface area (Å²) in [5.41, 5.74) is 3.24. The van der Waals surface area contributed by atoms with E-state index in [0.717, 1.165) is 25.2 Å². The first-order valence-corrected chi connectivity index (χ1v) is 10.5. The van der Waals surface area contributed by atoms with E-state index < -0.39 is 11.8 Å². The third-order valence-corrected chi connectivity index (χ3v) is 5.89. The minimum atomic E-state index is -0.458. The fourth-order valence-electron chi connectivity index (χ4n) is 4.63. The van der Waals surface area contributed by atoms with Crippen LogP contribution in [-0.2, 0) is 13.1 Å². The summed E-state index contributed by atoms with van der Waals surface area (Å²) in [5, 5.41) is 5.20. The highest BCUT2D eigenvalue weighted by molar-refractivity contribution is 6.22. The van der Waals surface area contributed by atoms with Crippen molar-refractivity contribution in [1.29, 1.82) is 0 Å². The fraction of sp³-hybridized carbons (Fsp3) is 0.375. The lowest BCUT2D eigenvalue weighted by atomic mass is 9.91. The predicted octanol–water partition coefficient (Wildman–Crippen LogP) is 2.98.